The molecular weight excluding hydrogens is 450 g/mol. The Morgan fingerprint density at radius 3 is 2.00 bits per heavy atom. The molecule has 0 amide bonds. The summed E-state index contributed by atoms with van der Waals surface area (Å²) in [7, 11) is -1.66. The topological polar surface area (TPSA) is 12.0 Å². The van der Waals surface area contributed by atoms with Gasteiger partial charge in [-0.05, 0) is 49.9 Å². The average Bonchev–Trinajstić information content (AvgIpc) is 2.82. The molecule has 0 bridgehead atoms. The molecule has 2 aromatic rings. The smallest absolute Gasteiger partial charge is 0.131 e. The van der Waals surface area contributed by atoms with Crippen LogP contribution in [0.3, 0.4) is 0 Å². The van der Waals surface area contributed by atoms with Crippen molar-refractivity contribution >= 4 is 14.3 Å². The second-order valence-electron chi connectivity index (χ2n) is 8.59. The van der Waals surface area contributed by atoms with E-state index >= 15 is 0 Å². The normalized spacial score (nSPS) is 15.6. The number of hydrogen-bond acceptors (Lipinski definition) is 1. The van der Waals surface area contributed by atoms with Gasteiger partial charge in [0.2, 0.25) is 0 Å². The maximum atomic E-state index is 3.97. The van der Waals surface area contributed by atoms with Crippen molar-refractivity contribution in [3.05, 3.63) is 65.2 Å². The van der Waals surface area contributed by atoms with Crippen LogP contribution in [0.15, 0.2) is 54.1 Å². The van der Waals surface area contributed by atoms with Crippen molar-refractivity contribution in [1.29, 1.82) is 0 Å². The zero-order valence-electron chi connectivity index (χ0n) is 17.3. The molecule has 1 N–H and O–H groups in total. The van der Waals surface area contributed by atoms with Gasteiger partial charge in [-0.3, -0.25) is 0 Å². The molecule has 0 radical (unpaired) electrons. The van der Waals surface area contributed by atoms with E-state index in [2.05, 4.69) is 100 Å². The predicted molar refractivity (Wildman–Crippen MR) is 109 cm³/mol. The van der Waals surface area contributed by atoms with Gasteiger partial charge in [0.15, 0.2) is 0 Å². The molecule has 0 heterocycles. The maximum absolute atomic E-state index is 3.97. The van der Waals surface area contributed by atoms with Gasteiger partial charge in [0.25, 0.3) is 0 Å². The summed E-state index contributed by atoms with van der Waals surface area (Å²) in [6, 6.07) is 17.6. The fourth-order valence-electron chi connectivity index (χ4n) is 4.42. The molecule has 138 valence electrons. The van der Waals surface area contributed by atoms with Crippen LogP contribution in [-0.2, 0) is 65.2 Å². The molecule has 3 rings (SSSR count). The quantitative estimate of drug-likeness (QED) is 0.535. The first-order valence-electron chi connectivity index (χ1n) is 8.85. The van der Waals surface area contributed by atoms with E-state index in [0.29, 0.717) is 5.54 Å². The van der Waals surface area contributed by atoms with Gasteiger partial charge in [0.05, 0.1) is 0 Å². The Bertz CT molecular complexity index is 780. The van der Waals surface area contributed by atoms with Crippen molar-refractivity contribution in [2.45, 2.75) is 51.9 Å². The first-order chi connectivity index (χ1) is 11.2. The van der Waals surface area contributed by atoms with Crippen molar-refractivity contribution in [2.24, 2.45) is 0 Å². The minimum Gasteiger partial charge on any atom is -0.332 e. The van der Waals surface area contributed by atoms with E-state index in [1.807, 2.05) is 0 Å². The van der Waals surface area contributed by atoms with Gasteiger partial charge in [0.1, 0.15) is 8.24 Å². The standard InChI is InChI=1S/C22H29NSi.3Ti/c1-16-15-20-18(17-11-8-7-9-12-17)13-10-14-19(20)21(16)24(5,6)23-22(2,3)4;;;/h7-15,21,23H,1-6H3;;;. The zero-order valence-corrected chi connectivity index (χ0v) is 23.0. The predicted octanol–water partition coefficient (Wildman–Crippen LogP) is 5.98. The fraction of sp³-hybridized carbons (Fsp3) is 0.364. The molecule has 1 atom stereocenters. The molecule has 0 saturated heterocycles. The number of fused-ring (bicyclic) bond motifs is 1. The molecule has 0 aromatic heterocycles. The van der Waals surface area contributed by atoms with E-state index in [1.165, 1.54) is 27.8 Å². The largest absolute Gasteiger partial charge is 0.332 e. The van der Waals surface area contributed by atoms with Gasteiger partial charge in [-0.25, -0.2) is 0 Å². The summed E-state index contributed by atoms with van der Waals surface area (Å²) in [6.45, 7) is 14.1. The number of nitrogens with one attached hydrogen (secondary N) is 1. The van der Waals surface area contributed by atoms with E-state index in [9.17, 15) is 0 Å². The Morgan fingerprint density at radius 1 is 0.852 bits per heavy atom. The van der Waals surface area contributed by atoms with Gasteiger partial charge >= 0.3 is 0 Å². The van der Waals surface area contributed by atoms with Crippen LogP contribution in [0.5, 0.6) is 0 Å². The van der Waals surface area contributed by atoms with Crippen LogP contribution in [0.4, 0.5) is 0 Å². The maximum Gasteiger partial charge on any atom is 0.131 e. The Balaban J connectivity index is 0.00000225. The number of rotatable bonds is 3. The molecule has 0 aliphatic heterocycles. The minimum atomic E-state index is -1.66. The molecular formula is C22H29NSiTi3. The molecule has 0 saturated carbocycles. The zero-order chi connectivity index (χ0) is 17.5. The molecule has 5 heteroatoms. The summed E-state index contributed by atoms with van der Waals surface area (Å²) in [5.41, 5.74) is 7.77. The average molecular weight is 479 g/mol. The van der Waals surface area contributed by atoms with Crippen molar-refractivity contribution in [1.82, 2.24) is 4.98 Å². The number of allylic oxidation sites excluding steroid dienone is 1. The van der Waals surface area contributed by atoms with Crippen molar-refractivity contribution in [2.75, 3.05) is 0 Å². The monoisotopic (exact) mass is 479 g/mol. The van der Waals surface area contributed by atoms with Gasteiger partial charge in [-0.2, -0.15) is 0 Å². The van der Waals surface area contributed by atoms with Crippen molar-refractivity contribution < 1.29 is 65.2 Å². The first kappa shape index (κ1) is 27.5. The molecule has 1 nitrogen and oxygen atoms in total. The molecule has 1 unspecified atom stereocenters. The SMILES string of the molecule is CC1=Cc2c(-c3ccccc3)cccc2C1[Si](C)(C)NC(C)(C)C.[Ti].[Ti].[Ti]. The second kappa shape index (κ2) is 10.5. The van der Waals surface area contributed by atoms with E-state index in [0.717, 1.165) is 0 Å². The minimum absolute atomic E-state index is 0. The summed E-state index contributed by atoms with van der Waals surface area (Å²) >= 11 is 0. The summed E-state index contributed by atoms with van der Waals surface area (Å²) in [4.78, 5) is 3.97. The Morgan fingerprint density at radius 2 is 1.44 bits per heavy atom. The third kappa shape index (κ3) is 6.24. The second-order valence-corrected chi connectivity index (χ2v) is 12.9. The summed E-state index contributed by atoms with van der Waals surface area (Å²) in [6.07, 6.45) is 2.42. The van der Waals surface area contributed by atoms with Crippen LogP contribution in [0.25, 0.3) is 17.2 Å². The molecule has 27 heavy (non-hydrogen) atoms. The van der Waals surface area contributed by atoms with Crippen LogP contribution in [0.1, 0.15) is 44.4 Å². The number of benzene rings is 2. The van der Waals surface area contributed by atoms with E-state index in [-0.39, 0.29) is 70.7 Å². The Kier molecular flexibility index (Phi) is 10.7. The summed E-state index contributed by atoms with van der Waals surface area (Å²) in [5, 5.41) is 0. The van der Waals surface area contributed by atoms with Gasteiger partial charge in [0, 0.05) is 76.2 Å². The summed E-state index contributed by atoms with van der Waals surface area (Å²) < 4.78 is 0. The van der Waals surface area contributed by atoms with E-state index in [1.54, 1.807) is 0 Å². The third-order valence-corrected chi connectivity index (χ3v) is 8.39. The Labute approximate surface area is 210 Å². The van der Waals surface area contributed by atoms with Crippen LogP contribution in [0, 0.1) is 0 Å². The molecule has 1 aliphatic carbocycles. The van der Waals surface area contributed by atoms with Crippen LogP contribution in [0.2, 0.25) is 13.1 Å². The van der Waals surface area contributed by atoms with Gasteiger partial charge in [-0.15, -0.1) is 0 Å². The fourth-order valence-corrected chi connectivity index (χ4v) is 8.75. The van der Waals surface area contributed by atoms with E-state index < -0.39 is 8.24 Å². The van der Waals surface area contributed by atoms with E-state index in [4.69, 9.17) is 0 Å². The van der Waals surface area contributed by atoms with Gasteiger partial charge < -0.3 is 4.98 Å². The van der Waals surface area contributed by atoms with Crippen LogP contribution < -0.4 is 4.98 Å². The van der Waals surface area contributed by atoms with Crippen molar-refractivity contribution in [3.63, 3.8) is 0 Å². The molecule has 0 fully saturated rings. The molecule has 2 aromatic carbocycles. The van der Waals surface area contributed by atoms with Crippen molar-refractivity contribution in [3.8, 4) is 11.1 Å². The Hall–Kier alpha value is 0.500. The molecule has 0 spiro atoms. The third-order valence-electron chi connectivity index (χ3n) is 4.78. The van der Waals surface area contributed by atoms with Crippen LogP contribution >= 0.6 is 0 Å². The van der Waals surface area contributed by atoms with Gasteiger partial charge in [-0.1, -0.05) is 73.3 Å². The number of hydrogen-bond donors (Lipinski definition) is 1. The molecule has 1 aliphatic rings. The van der Waals surface area contributed by atoms with Crippen LogP contribution in [-0.4, -0.2) is 13.8 Å². The first-order valence-corrected chi connectivity index (χ1v) is 11.9. The summed E-state index contributed by atoms with van der Waals surface area (Å²) in [5.74, 6) is 0.